The van der Waals surface area contributed by atoms with Gasteiger partial charge in [0.15, 0.2) is 0 Å². The molecule has 0 bridgehead atoms. The number of aromatic nitrogens is 3. The van der Waals surface area contributed by atoms with Crippen LogP contribution in [0.3, 0.4) is 0 Å². The van der Waals surface area contributed by atoms with Crippen LogP contribution in [0.25, 0.3) is 21.9 Å². The summed E-state index contributed by atoms with van der Waals surface area (Å²) < 4.78 is 23.7. The molecule has 1 aliphatic heterocycles. The molecule has 0 fully saturated rings. The maximum atomic E-state index is 14.1. The fraction of sp³-hybridized carbons (Fsp3) is 0.375. The molecule has 3 aromatic rings. The lowest BCUT2D eigenvalue weighted by atomic mass is 10.1. The topological polar surface area (TPSA) is 49.1 Å². The summed E-state index contributed by atoms with van der Waals surface area (Å²) in [6.07, 6.45) is 1.62. The van der Waals surface area contributed by atoms with Crippen LogP contribution in [-0.4, -0.2) is 20.7 Å². The minimum Gasteiger partial charge on any atom is -0.489 e. The van der Waals surface area contributed by atoms with Gasteiger partial charge in [0, 0.05) is 13.1 Å². The van der Waals surface area contributed by atoms with E-state index in [9.17, 15) is 9.18 Å². The normalized spacial score (nSPS) is 17.2. The Kier molecular flexibility index (Phi) is 3.07. The fourth-order valence-corrected chi connectivity index (χ4v) is 3.69. The van der Waals surface area contributed by atoms with E-state index in [1.807, 2.05) is 13.8 Å². The molecule has 2 aromatic heterocycles. The third-order valence-electron chi connectivity index (χ3n) is 4.56. The first kappa shape index (κ1) is 14.7. The summed E-state index contributed by atoms with van der Waals surface area (Å²) >= 11 is 3.27. The van der Waals surface area contributed by atoms with Crippen LogP contribution in [0, 0.1) is 11.7 Å². The molecular formula is C16H15BrFN3O2. The average Bonchev–Trinajstić information content (AvgIpc) is 2.68. The van der Waals surface area contributed by atoms with Gasteiger partial charge in [-0.1, -0.05) is 13.8 Å². The van der Waals surface area contributed by atoms with Crippen LogP contribution in [0.1, 0.15) is 19.9 Å². The Labute approximate surface area is 139 Å². The van der Waals surface area contributed by atoms with Crippen molar-refractivity contribution in [2.24, 2.45) is 13.0 Å². The van der Waals surface area contributed by atoms with E-state index in [-0.39, 0.29) is 22.1 Å². The number of aryl methyl sites for hydroxylation is 1. The van der Waals surface area contributed by atoms with Gasteiger partial charge in [-0.15, -0.1) is 0 Å². The molecule has 0 N–H and O–H groups in total. The highest BCUT2D eigenvalue weighted by Crippen LogP contribution is 2.42. The third kappa shape index (κ3) is 1.83. The van der Waals surface area contributed by atoms with Crippen LogP contribution in [0.4, 0.5) is 4.39 Å². The second-order valence-corrected chi connectivity index (χ2v) is 7.01. The van der Waals surface area contributed by atoms with Gasteiger partial charge in [0.25, 0.3) is 0 Å². The zero-order valence-corrected chi connectivity index (χ0v) is 14.5. The lowest BCUT2D eigenvalue weighted by Gasteiger charge is -2.20. The lowest BCUT2D eigenvalue weighted by Crippen LogP contribution is -2.31. The average molecular weight is 380 g/mol. The molecule has 4 rings (SSSR count). The van der Waals surface area contributed by atoms with Gasteiger partial charge in [0.2, 0.25) is 0 Å². The largest absolute Gasteiger partial charge is 0.489 e. The molecule has 0 unspecified atom stereocenters. The first-order chi connectivity index (χ1) is 10.9. The first-order valence-corrected chi connectivity index (χ1v) is 8.21. The van der Waals surface area contributed by atoms with Crippen LogP contribution in [0.5, 0.6) is 5.75 Å². The van der Waals surface area contributed by atoms with Gasteiger partial charge in [0.1, 0.15) is 18.2 Å². The maximum Gasteiger partial charge on any atom is 0.329 e. The summed E-state index contributed by atoms with van der Waals surface area (Å²) in [6, 6.07) is 1.24. The number of hydrogen-bond donors (Lipinski definition) is 0. The van der Waals surface area contributed by atoms with Crippen LogP contribution < -0.4 is 10.4 Å². The Hall–Kier alpha value is -1.89. The summed E-state index contributed by atoms with van der Waals surface area (Å²) in [7, 11) is 1.73. The third-order valence-corrected chi connectivity index (χ3v) is 5.29. The standard InChI is InChI=1S/C16H15BrFN3O2/c1-7(2)11-6-23-15-12-9(4-8(18)13(15)17)19-5-10-14(12)21(11)16(22)20(10)3/h4-5,7,11H,6H2,1-3H3/t11-/m1/s1. The quantitative estimate of drug-likeness (QED) is 0.651. The Bertz CT molecular complexity index is 1020. The van der Waals surface area contributed by atoms with Gasteiger partial charge in [-0.25, -0.2) is 9.18 Å². The smallest absolute Gasteiger partial charge is 0.329 e. The van der Waals surface area contributed by atoms with Crippen LogP contribution in [0.2, 0.25) is 0 Å². The van der Waals surface area contributed by atoms with E-state index in [0.29, 0.717) is 23.3 Å². The van der Waals surface area contributed by atoms with E-state index in [1.54, 1.807) is 22.4 Å². The van der Waals surface area contributed by atoms with E-state index in [0.717, 1.165) is 11.0 Å². The molecule has 0 amide bonds. The van der Waals surface area contributed by atoms with Gasteiger partial charge in [-0.05, 0) is 21.8 Å². The second-order valence-electron chi connectivity index (χ2n) is 6.22. The number of pyridine rings is 1. The van der Waals surface area contributed by atoms with Crippen molar-refractivity contribution in [1.29, 1.82) is 0 Å². The molecule has 0 saturated carbocycles. The molecule has 0 saturated heterocycles. The molecule has 0 spiro atoms. The molecule has 5 nitrogen and oxygen atoms in total. The summed E-state index contributed by atoms with van der Waals surface area (Å²) in [5.74, 6) is 0.187. The van der Waals surface area contributed by atoms with Gasteiger partial charge >= 0.3 is 5.69 Å². The second kappa shape index (κ2) is 4.80. The maximum absolute atomic E-state index is 14.1. The molecule has 7 heteroatoms. The van der Waals surface area contributed by atoms with E-state index in [4.69, 9.17) is 4.74 Å². The highest BCUT2D eigenvalue weighted by molar-refractivity contribution is 9.10. The van der Waals surface area contributed by atoms with Crippen molar-refractivity contribution in [3.05, 3.63) is 33.0 Å². The van der Waals surface area contributed by atoms with Gasteiger partial charge in [0.05, 0.1) is 38.6 Å². The highest BCUT2D eigenvalue weighted by atomic mass is 79.9. The fourth-order valence-electron chi connectivity index (χ4n) is 3.27. The zero-order chi connectivity index (χ0) is 16.5. The Balaban J connectivity index is 2.30. The van der Waals surface area contributed by atoms with Crippen LogP contribution in [0.15, 0.2) is 21.5 Å². The van der Waals surface area contributed by atoms with Crippen molar-refractivity contribution in [3.8, 4) is 5.75 Å². The van der Waals surface area contributed by atoms with E-state index in [1.165, 1.54) is 6.07 Å². The summed E-state index contributed by atoms with van der Waals surface area (Å²) in [4.78, 5) is 17.1. The molecule has 1 aliphatic rings. The summed E-state index contributed by atoms with van der Waals surface area (Å²) in [6.45, 7) is 4.40. The predicted molar refractivity (Wildman–Crippen MR) is 89.5 cm³/mol. The number of rotatable bonds is 1. The minimum atomic E-state index is -0.424. The molecule has 23 heavy (non-hydrogen) atoms. The summed E-state index contributed by atoms with van der Waals surface area (Å²) in [5, 5.41) is 0.677. The SMILES string of the molecule is CC(C)[C@H]1COc2c(Br)c(F)cc3ncc4c(c23)n1c(=O)n4C. The first-order valence-electron chi connectivity index (χ1n) is 7.42. The Morgan fingerprint density at radius 2 is 2.22 bits per heavy atom. The molecule has 0 aliphatic carbocycles. The monoisotopic (exact) mass is 379 g/mol. The minimum absolute atomic E-state index is 0.107. The molecule has 0 radical (unpaired) electrons. The number of nitrogens with zero attached hydrogens (tertiary/aromatic N) is 3. The number of ether oxygens (including phenoxy) is 1. The van der Waals surface area contributed by atoms with Gasteiger partial charge in [-0.2, -0.15) is 0 Å². The van der Waals surface area contributed by atoms with Crippen LogP contribution >= 0.6 is 15.9 Å². The molecule has 1 atom stereocenters. The number of benzene rings is 1. The molecule has 120 valence electrons. The van der Waals surface area contributed by atoms with Gasteiger partial charge < -0.3 is 4.74 Å². The molecule has 1 aromatic carbocycles. The lowest BCUT2D eigenvalue weighted by molar-refractivity contribution is 0.216. The zero-order valence-electron chi connectivity index (χ0n) is 12.9. The van der Waals surface area contributed by atoms with Gasteiger partial charge in [-0.3, -0.25) is 14.1 Å². The van der Waals surface area contributed by atoms with E-state index < -0.39 is 5.82 Å². The van der Waals surface area contributed by atoms with Crippen molar-refractivity contribution < 1.29 is 9.13 Å². The Morgan fingerprint density at radius 1 is 1.48 bits per heavy atom. The van der Waals surface area contributed by atoms with Crippen molar-refractivity contribution in [3.63, 3.8) is 0 Å². The van der Waals surface area contributed by atoms with E-state index >= 15 is 0 Å². The van der Waals surface area contributed by atoms with Crippen molar-refractivity contribution >= 4 is 37.9 Å². The highest BCUT2D eigenvalue weighted by Gasteiger charge is 2.30. The predicted octanol–water partition coefficient (Wildman–Crippen LogP) is 3.38. The van der Waals surface area contributed by atoms with Crippen molar-refractivity contribution in [2.75, 3.05) is 6.61 Å². The number of halogens is 2. The molecule has 3 heterocycles. The van der Waals surface area contributed by atoms with Crippen molar-refractivity contribution in [1.82, 2.24) is 14.1 Å². The van der Waals surface area contributed by atoms with Crippen molar-refractivity contribution in [2.45, 2.75) is 19.9 Å². The molecular weight excluding hydrogens is 365 g/mol. The number of imidazole rings is 1. The van der Waals surface area contributed by atoms with E-state index in [2.05, 4.69) is 20.9 Å². The number of hydrogen-bond acceptors (Lipinski definition) is 3. The Morgan fingerprint density at radius 3 is 2.91 bits per heavy atom. The van der Waals surface area contributed by atoms with Crippen LogP contribution in [-0.2, 0) is 7.05 Å². The summed E-state index contributed by atoms with van der Waals surface area (Å²) in [5.41, 5.74) is 1.86.